The van der Waals surface area contributed by atoms with E-state index >= 15 is 0 Å². The van der Waals surface area contributed by atoms with Gasteiger partial charge in [0.2, 0.25) is 0 Å². The van der Waals surface area contributed by atoms with Crippen molar-refractivity contribution in [3.63, 3.8) is 0 Å². The molecule has 2 nitrogen and oxygen atoms in total. The Morgan fingerprint density at radius 3 is 2.15 bits per heavy atom. The molecule has 0 aromatic rings. The number of rotatable bonds is 0. The summed E-state index contributed by atoms with van der Waals surface area (Å²) in [5, 5.41) is 12.5. The summed E-state index contributed by atoms with van der Waals surface area (Å²) in [5.41, 5.74) is 1.12. The first kappa shape index (κ1) is 7.84. The van der Waals surface area contributed by atoms with Crippen LogP contribution in [-0.2, 0) is 0 Å². The smallest absolute Gasteiger partial charge is 0.0604 e. The lowest BCUT2D eigenvalue weighted by molar-refractivity contribution is 0.139. The Labute approximate surface area is 79.0 Å². The van der Waals surface area contributed by atoms with Gasteiger partial charge in [-0.3, -0.25) is 0 Å². The van der Waals surface area contributed by atoms with Crippen molar-refractivity contribution in [3.8, 4) is 0 Å². The first-order chi connectivity index (χ1) is 6.35. The second kappa shape index (κ2) is 2.73. The first-order valence-corrected chi connectivity index (χ1v) is 5.56. The molecule has 2 heteroatoms. The molecule has 0 heterocycles. The van der Waals surface area contributed by atoms with Crippen LogP contribution in [0, 0.1) is 23.7 Å². The fraction of sp³-hybridized carbons (Fsp3) is 0.909. The molecule has 0 amide bonds. The van der Waals surface area contributed by atoms with Crippen LogP contribution in [0.1, 0.15) is 38.5 Å². The van der Waals surface area contributed by atoms with E-state index in [0.717, 1.165) is 29.9 Å². The minimum atomic E-state index is 0.640. The quantitative estimate of drug-likeness (QED) is 0.450. The normalized spacial score (nSPS) is 51.2. The molecule has 4 aliphatic rings. The van der Waals surface area contributed by atoms with Crippen molar-refractivity contribution in [2.75, 3.05) is 0 Å². The van der Waals surface area contributed by atoms with E-state index in [9.17, 15) is 0 Å². The molecule has 4 rings (SSSR count). The third kappa shape index (κ3) is 1.18. The maximum atomic E-state index is 8.95. The molecule has 0 aromatic carbocycles. The van der Waals surface area contributed by atoms with Crippen LogP contribution in [0.4, 0.5) is 0 Å². The van der Waals surface area contributed by atoms with Crippen molar-refractivity contribution < 1.29 is 5.21 Å². The van der Waals surface area contributed by atoms with Crippen molar-refractivity contribution >= 4 is 5.71 Å². The first-order valence-electron chi connectivity index (χ1n) is 5.56. The molecule has 4 saturated carbocycles. The van der Waals surface area contributed by atoms with Crippen molar-refractivity contribution in [1.82, 2.24) is 0 Å². The minimum absolute atomic E-state index is 0.640. The highest BCUT2D eigenvalue weighted by Gasteiger charge is 2.42. The summed E-state index contributed by atoms with van der Waals surface area (Å²) in [6.07, 6.45) is 8.00. The van der Waals surface area contributed by atoms with E-state index in [2.05, 4.69) is 5.16 Å². The van der Waals surface area contributed by atoms with Gasteiger partial charge in [-0.25, -0.2) is 0 Å². The molecule has 72 valence electrons. The highest BCUT2D eigenvalue weighted by molar-refractivity contribution is 5.87. The molecule has 4 aliphatic carbocycles. The zero-order chi connectivity index (χ0) is 8.84. The zero-order valence-corrected chi connectivity index (χ0v) is 7.95. The maximum absolute atomic E-state index is 8.95. The SMILES string of the molecule is ON=C1CC2CC3CC(C2)CC1C3. The topological polar surface area (TPSA) is 32.6 Å². The largest absolute Gasteiger partial charge is 0.411 e. The standard InChI is InChI=1S/C11H17NO/c13-12-11-6-9-2-7-1-8(3-9)5-10(11)4-7/h7-10,13H,1-6H2. The van der Waals surface area contributed by atoms with Crippen LogP contribution >= 0.6 is 0 Å². The van der Waals surface area contributed by atoms with E-state index in [4.69, 9.17) is 5.21 Å². The molecule has 0 radical (unpaired) electrons. The summed E-state index contributed by atoms with van der Waals surface area (Å²) >= 11 is 0. The zero-order valence-electron chi connectivity index (χ0n) is 7.95. The molecule has 4 bridgehead atoms. The van der Waals surface area contributed by atoms with E-state index < -0.39 is 0 Å². The Morgan fingerprint density at radius 2 is 1.54 bits per heavy atom. The minimum Gasteiger partial charge on any atom is -0.411 e. The summed E-state index contributed by atoms with van der Waals surface area (Å²) in [6, 6.07) is 0. The van der Waals surface area contributed by atoms with Crippen LogP contribution in [0.5, 0.6) is 0 Å². The fourth-order valence-electron chi connectivity index (χ4n) is 4.01. The predicted octanol–water partition coefficient (Wildman–Crippen LogP) is 2.66. The Hall–Kier alpha value is -0.530. The van der Waals surface area contributed by atoms with Gasteiger partial charge in [-0.15, -0.1) is 0 Å². The van der Waals surface area contributed by atoms with Gasteiger partial charge in [-0.05, 0) is 56.3 Å². The maximum Gasteiger partial charge on any atom is 0.0604 e. The Kier molecular flexibility index (Phi) is 1.64. The van der Waals surface area contributed by atoms with E-state index in [1.165, 1.54) is 32.1 Å². The third-order valence-corrected chi connectivity index (χ3v) is 4.33. The van der Waals surface area contributed by atoms with Gasteiger partial charge in [0.15, 0.2) is 0 Å². The van der Waals surface area contributed by atoms with E-state index in [0.29, 0.717) is 5.92 Å². The van der Waals surface area contributed by atoms with Gasteiger partial charge < -0.3 is 5.21 Å². The third-order valence-electron chi connectivity index (χ3n) is 4.33. The Morgan fingerprint density at radius 1 is 0.923 bits per heavy atom. The van der Waals surface area contributed by atoms with E-state index in [-0.39, 0.29) is 0 Å². The van der Waals surface area contributed by atoms with Gasteiger partial charge in [0.05, 0.1) is 5.71 Å². The lowest BCUT2D eigenvalue weighted by Gasteiger charge is -2.37. The lowest BCUT2D eigenvalue weighted by atomic mass is 9.68. The second-order valence-corrected chi connectivity index (χ2v) is 5.27. The van der Waals surface area contributed by atoms with E-state index in [1.54, 1.807) is 0 Å². The molecule has 0 saturated heterocycles. The predicted molar refractivity (Wildman–Crippen MR) is 50.9 cm³/mol. The van der Waals surface area contributed by atoms with Gasteiger partial charge >= 0.3 is 0 Å². The molecule has 4 fully saturated rings. The van der Waals surface area contributed by atoms with Crippen molar-refractivity contribution in [2.45, 2.75) is 38.5 Å². The van der Waals surface area contributed by atoms with Crippen molar-refractivity contribution in [2.24, 2.45) is 28.8 Å². The van der Waals surface area contributed by atoms with Crippen LogP contribution in [0.25, 0.3) is 0 Å². The molecule has 0 spiro atoms. The number of hydrogen-bond acceptors (Lipinski definition) is 2. The number of nitrogens with zero attached hydrogens (tertiary/aromatic N) is 1. The number of oxime groups is 1. The van der Waals surface area contributed by atoms with Crippen molar-refractivity contribution in [3.05, 3.63) is 0 Å². The molecule has 0 aliphatic heterocycles. The van der Waals surface area contributed by atoms with Crippen LogP contribution in [-0.4, -0.2) is 10.9 Å². The average Bonchev–Trinajstić information content (AvgIpc) is 2.29. The van der Waals surface area contributed by atoms with Gasteiger partial charge in [0, 0.05) is 5.92 Å². The summed E-state index contributed by atoms with van der Waals surface area (Å²) in [7, 11) is 0. The van der Waals surface area contributed by atoms with Gasteiger partial charge in [0.1, 0.15) is 0 Å². The highest BCUT2D eigenvalue weighted by atomic mass is 16.4. The summed E-state index contributed by atoms with van der Waals surface area (Å²) in [4.78, 5) is 0. The van der Waals surface area contributed by atoms with Gasteiger partial charge in [-0.2, -0.15) is 0 Å². The highest BCUT2D eigenvalue weighted by Crippen LogP contribution is 2.50. The second-order valence-electron chi connectivity index (χ2n) is 5.27. The monoisotopic (exact) mass is 179 g/mol. The number of fused-ring (bicyclic) bond motifs is 1. The molecular weight excluding hydrogens is 162 g/mol. The molecule has 1 N–H and O–H groups in total. The average molecular weight is 179 g/mol. The summed E-state index contributed by atoms with van der Waals surface area (Å²) in [6.45, 7) is 0. The molecule has 0 aromatic heterocycles. The van der Waals surface area contributed by atoms with Gasteiger partial charge in [-0.1, -0.05) is 5.16 Å². The van der Waals surface area contributed by atoms with Gasteiger partial charge in [0.25, 0.3) is 0 Å². The number of hydrogen-bond donors (Lipinski definition) is 1. The Bertz CT molecular complexity index is 234. The van der Waals surface area contributed by atoms with Crippen LogP contribution < -0.4 is 0 Å². The summed E-state index contributed by atoms with van der Waals surface area (Å²) < 4.78 is 0. The van der Waals surface area contributed by atoms with Crippen LogP contribution in [0.3, 0.4) is 0 Å². The summed E-state index contributed by atoms with van der Waals surface area (Å²) in [5.74, 6) is 3.41. The molecule has 13 heavy (non-hydrogen) atoms. The molecular formula is C11H17NO. The van der Waals surface area contributed by atoms with Crippen LogP contribution in [0.2, 0.25) is 0 Å². The molecule has 2 unspecified atom stereocenters. The molecule has 2 atom stereocenters. The fourth-order valence-corrected chi connectivity index (χ4v) is 4.01. The van der Waals surface area contributed by atoms with Crippen molar-refractivity contribution in [1.29, 1.82) is 0 Å². The van der Waals surface area contributed by atoms with Crippen LogP contribution in [0.15, 0.2) is 5.16 Å². The van der Waals surface area contributed by atoms with E-state index in [1.807, 2.05) is 0 Å². The Balaban J connectivity index is 1.95. The lowest BCUT2D eigenvalue weighted by Crippen LogP contribution is -2.28.